The monoisotopic (exact) mass is 587 g/mol. The van der Waals surface area contributed by atoms with Gasteiger partial charge in [-0.25, -0.2) is 19.0 Å². The van der Waals surface area contributed by atoms with Crippen LogP contribution in [0.15, 0.2) is 60.9 Å². The van der Waals surface area contributed by atoms with Crippen LogP contribution in [0.4, 0.5) is 10.2 Å². The van der Waals surface area contributed by atoms with E-state index in [2.05, 4.69) is 15.0 Å². The Kier molecular flexibility index (Phi) is 7.73. The zero-order valence-electron chi connectivity index (χ0n) is 21.0. The second kappa shape index (κ2) is 11.2. The number of anilines is 1. The molecule has 0 radical (unpaired) electrons. The number of halogens is 2. The number of imidazole rings is 1. The van der Waals surface area contributed by atoms with Crippen molar-refractivity contribution in [1.29, 1.82) is 0 Å². The molecule has 1 aliphatic heterocycles. The average molecular weight is 588 g/mol. The molecule has 0 amide bonds. The van der Waals surface area contributed by atoms with E-state index in [1.54, 1.807) is 36.4 Å². The Labute approximate surface area is 235 Å². The Balaban J connectivity index is 1.35. The lowest BCUT2D eigenvalue weighted by atomic mass is 9.94. The maximum absolute atomic E-state index is 15.2. The van der Waals surface area contributed by atoms with Crippen molar-refractivity contribution in [3.63, 3.8) is 0 Å². The number of hydrogen-bond acceptors (Lipinski definition) is 10. The predicted molar refractivity (Wildman–Crippen MR) is 140 cm³/mol. The molecule has 13 nitrogen and oxygen atoms in total. The van der Waals surface area contributed by atoms with Gasteiger partial charge in [-0.05, 0) is 41.4 Å². The standard InChI is InChI=1S/C26H23ClFN5O8/c27-25-31-20(29)18-21(32-25)33(12-30-18)22-17(28)19(34)16(41-22)11-39-26(23(35)36,24(37)38)10-13-5-4-8-15(9-13)40-14-6-2-1-3-7-14/h1-9,12,16-17,19,22,34H,10-11H2,(H,35,36)(H,37,38)(H2,29,31,32)/t16-,17+,19-,22-/m1/s1. The molecule has 0 spiro atoms. The zero-order chi connectivity index (χ0) is 29.3. The number of aliphatic carboxylic acids is 2. The van der Waals surface area contributed by atoms with Crippen molar-refractivity contribution in [2.75, 3.05) is 12.3 Å². The van der Waals surface area contributed by atoms with Gasteiger partial charge in [0.25, 0.3) is 5.60 Å². The van der Waals surface area contributed by atoms with Gasteiger partial charge in [0.2, 0.25) is 5.28 Å². The lowest BCUT2D eigenvalue weighted by molar-refractivity contribution is -0.190. The van der Waals surface area contributed by atoms with E-state index in [4.69, 9.17) is 31.5 Å². The molecule has 1 fully saturated rings. The molecule has 0 bridgehead atoms. The van der Waals surface area contributed by atoms with Crippen molar-refractivity contribution in [2.45, 2.75) is 36.6 Å². The first kappa shape index (κ1) is 28.2. The van der Waals surface area contributed by atoms with Crippen LogP contribution in [0.2, 0.25) is 5.28 Å². The maximum Gasteiger partial charge on any atom is 0.348 e. The van der Waals surface area contributed by atoms with E-state index >= 15 is 4.39 Å². The third kappa shape index (κ3) is 5.50. The molecule has 2 aromatic carbocycles. The molecule has 15 heteroatoms. The number of alkyl halides is 1. The first-order chi connectivity index (χ1) is 19.6. The van der Waals surface area contributed by atoms with Crippen LogP contribution in [0, 0.1) is 0 Å². The highest BCUT2D eigenvalue weighted by Crippen LogP contribution is 2.35. The molecule has 4 aromatic rings. The fraction of sp³-hybridized carbons (Fsp3) is 0.269. The molecule has 1 saturated heterocycles. The highest BCUT2D eigenvalue weighted by molar-refractivity contribution is 6.28. The van der Waals surface area contributed by atoms with Gasteiger partial charge in [-0.15, -0.1) is 0 Å². The molecule has 0 unspecified atom stereocenters. The van der Waals surface area contributed by atoms with E-state index in [0.717, 1.165) is 4.57 Å². The topological polar surface area (TPSA) is 192 Å². The van der Waals surface area contributed by atoms with E-state index in [1.165, 1.54) is 18.5 Å². The van der Waals surface area contributed by atoms with Gasteiger partial charge in [0.05, 0.1) is 12.9 Å². The number of aliphatic hydroxyl groups is 1. The summed E-state index contributed by atoms with van der Waals surface area (Å²) < 4.78 is 33.2. The quantitative estimate of drug-likeness (QED) is 0.157. The number of hydrogen-bond donors (Lipinski definition) is 4. The lowest BCUT2D eigenvalue weighted by Crippen LogP contribution is -2.52. The number of rotatable bonds is 10. The van der Waals surface area contributed by atoms with Crippen molar-refractivity contribution in [2.24, 2.45) is 0 Å². The third-order valence-electron chi connectivity index (χ3n) is 6.50. The Morgan fingerprint density at radius 2 is 1.80 bits per heavy atom. The summed E-state index contributed by atoms with van der Waals surface area (Å²) in [5.74, 6) is -2.80. The van der Waals surface area contributed by atoms with E-state index < -0.39 is 55.2 Å². The molecular formula is C26H23ClFN5O8. The summed E-state index contributed by atoms with van der Waals surface area (Å²) in [6.45, 7) is -0.776. The number of carbonyl (C=O) groups is 2. The number of carboxylic acids is 2. The third-order valence-corrected chi connectivity index (χ3v) is 6.67. The number of ether oxygens (including phenoxy) is 3. The first-order valence-corrected chi connectivity index (χ1v) is 12.5. The summed E-state index contributed by atoms with van der Waals surface area (Å²) in [5, 5.41) is 30.2. The fourth-order valence-electron chi connectivity index (χ4n) is 4.43. The summed E-state index contributed by atoms with van der Waals surface area (Å²) in [7, 11) is 0. The number of para-hydroxylation sites is 1. The molecule has 0 aliphatic carbocycles. The first-order valence-electron chi connectivity index (χ1n) is 12.1. The Morgan fingerprint density at radius 3 is 2.51 bits per heavy atom. The molecule has 5 rings (SSSR count). The minimum atomic E-state index is -2.80. The van der Waals surface area contributed by atoms with Crippen molar-refractivity contribution in [3.05, 3.63) is 71.8 Å². The van der Waals surface area contributed by atoms with E-state index in [1.807, 2.05) is 6.07 Å². The van der Waals surface area contributed by atoms with Gasteiger partial charge in [-0.1, -0.05) is 30.3 Å². The highest BCUT2D eigenvalue weighted by Gasteiger charge is 2.52. The predicted octanol–water partition coefficient (Wildman–Crippen LogP) is 2.62. The normalized spacial score (nSPS) is 20.8. The fourth-order valence-corrected chi connectivity index (χ4v) is 4.61. The van der Waals surface area contributed by atoms with Crippen molar-refractivity contribution in [3.8, 4) is 11.5 Å². The molecule has 0 saturated carbocycles. The number of aromatic nitrogens is 4. The Bertz CT molecular complexity index is 1570. The summed E-state index contributed by atoms with van der Waals surface area (Å²) in [6, 6.07) is 15.0. The Morgan fingerprint density at radius 1 is 1.10 bits per heavy atom. The van der Waals surface area contributed by atoms with Crippen LogP contribution in [0.3, 0.4) is 0 Å². The molecular weight excluding hydrogens is 565 g/mol. The molecule has 4 atom stereocenters. The Hall–Kier alpha value is -4.37. The summed E-state index contributed by atoms with van der Waals surface area (Å²) in [5.41, 5.74) is 3.42. The van der Waals surface area contributed by atoms with Crippen LogP contribution >= 0.6 is 11.6 Å². The van der Waals surface area contributed by atoms with Crippen LogP contribution in [-0.4, -0.2) is 77.4 Å². The molecule has 5 N–H and O–H groups in total. The summed E-state index contributed by atoms with van der Waals surface area (Å²) >= 11 is 5.86. The van der Waals surface area contributed by atoms with E-state index in [0.29, 0.717) is 11.5 Å². The second-order valence-electron chi connectivity index (χ2n) is 9.19. The minimum Gasteiger partial charge on any atom is -0.479 e. The number of fused-ring (bicyclic) bond motifs is 1. The minimum absolute atomic E-state index is 0.0342. The number of nitrogens with zero attached hydrogens (tertiary/aromatic N) is 4. The van der Waals surface area contributed by atoms with Gasteiger partial charge in [0.1, 0.15) is 29.2 Å². The summed E-state index contributed by atoms with van der Waals surface area (Å²) in [4.78, 5) is 36.4. The number of nitrogens with two attached hydrogens (primary N) is 1. The number of aliphatic hydroxyl groups excluding tert-OH is 1. The average Bonchev–Trinajstić information content (AvgIpc) is 3.47. The molecule has 41 heavy (non-hydrogen) atoms. The van der Waals surface area contributed by atoms with Crippen molar-refractivity contribution < 1.29 is 43.5 Å². The molecule has 1 aliphatic rings. The number of nitrogen functional groups attached to an aromatic ring is 1. The van der Waals surface area contributed by atoms with Gasteiger partial charge >= 0.3 is 11.9 Å². The zero-order valence-corrected chi connectivity index (χ0v) is 21.8. The number of carboxylic acid groups (broad SMARTS) is 2. The van der Waals surface area contributed by atoms with Crippen molar-refractivity contribution in [1.82, 2.24) is 19.5 Å². The van der Waals surface area contributed by atoms with Crippen LogP contribution in [-0.2, 0) is 25.5 Å². The largest absolute Gasteiger partial charge is 0.479 e. The highest BCUT2D eigenvalue weighted by atomic mass is 35.5. The van der Waals surface area contributed by atoms with Crippen molar-refractivity contribution >= 4 is 40.5 Å². The summed E-state index contributed by atoms with van der Waals surface area (Å²) in [6.07, 6.45) is -6.24. The van der Waals surface area contributed by atoms with Gasteiger partial charge in [-0.2, -0.15) is 9.97 Å². The van der Waals surface area contributed by atoms with E-state index in [-0.39, 0.29) is 27.8 Å². The van der Waals surface area contributed by atoms with Crippen LogP contribution in [0.5, 0.6) is 11.5 Å². The van der Waals surface area contributed by atoms with Gasteiger partial charge in [0.15, 0.2) is 23.9 Å². The maximum atomic E-state index is 15.2. The van der Waals surface area contributed by atoms with Gasteiger partial charge in [-0.3, -0.25) is 4.57 Å². The van der Waals surface area contributed by atoms with Crippen LogP contribution < -0.4 is 10.5 Å². The van der Waals surface area contributed by atoms with E-state index in [9.17, 15) is 24.9 Å². The molecule has 2 aromatic heterocycles. The van der Waals surface area contributed by atoms with Crippen LogP contribution in [0.25, 0.3) is 11.2 Å². The van der Waals surface area contributed by atoms with Gasteiger partial charge in [0, 0.05) is 6.42 Å². The second-order valence-corrected chi connectivity index (χ2v) is 9.53. The van der Waals surface area contributed by atoms with Crippen LogP contribution in [0.1, 0.15) is 11.8 Å². The lowest BCUT2D eigenvalue weighted by Gasteiger charge is -2.27. The SMILES string of the molecule is Nc1nc(Cl)nc2c1ncn2[C@@H]1O[C@H](COC(Cc2cccc(Oc3ccccc3)c2)(C(=O)O)C(=O)O)[C@@H](O)[C@@H]1F. The molecule has 3 heterocycles. The number of benzene rings is 2. The smallest absolute Gasteiger partial charge is 0.348 e. The molecule has 214 valence electrons. The van der Waals surface area contributed by atoms with Gasteiger partial charge < -0.3 is 35.3 Å².